The van der Waals surface area contributed by atoms with Crippen molar-refractivity contribution in [3.63, 3.8) is 0 Å². The van der Waals surface area contributed by atoms with Crippen molar-refractivity contribution in [3.05, 3.63) is 0 Å². The summed E-state index contributed by atoms with van der Waals surface area (Å²) in [7, 11) is 2.01. The van der Waals surface area contributed by atoms with E-state index >= 15 is 0 Å². The number of rotatable bonds is 2. The largest absolute Gasteiger partial charge is 0.376 e. The maximum Gasteiger partial charge on any atom is 0.118 e. The summed E-state index contributed by atoms with van der Waals surface area (Å²) in [5.41, 5.74) is -0.492. The average Bonchev–Trinajstić information content (AvgIpc) is 2.11. The van der Waals surface area contributed by atoms with Gasteiger partial charge in [-0.2, -0.15) is 0 Å². The molecule has 1 saturated heterocycles. The van der Waals surface area contributed by atoms with Gasteiger partial charge >= 0.3 is 0 Å². The van der Waals surface area contributed by atoms with E-state index in [0.717, 1.165) is 25.8 Å². The number of likely N-dealkylation sites (tertiary alicyclic amines) is 1. The highest BCUT2D eigenvalue weighted by Gasteiger charge is 2.36. The van der Waals surface area contributed by atoms with Crippen molar-refractivity contribution in [2.45, 2.75) is 38.8 Å². The van der Waals surface area contributed by atoms with E-state index in [-0.39, 0.29) is 0 Å². The first-order chi connectivity index (χ1) is 5.04. The van der Waals surface area contributed by atoms with Gasteiger partial charge in [0.05, 0.1) is 0 Å². The monoisotopic (exact) mass is 157 g/mol. The van der Waals surface area contributed by atoms with E-state index in [4.69, 9.17) is 0 Å². The molecule has 2 nitrogen and oxygen atoms in total. The summed E-state index contributed by atoms with van der Waals surface area (Å²) >= 11 is 0. The van der Waals surface area contributed by atoms with Crippen molar-refractivity contribution in [3.8, 4) is 0 Å². The zero-order chi connectivity index (χ0) is 8.48. The minimum Gasteiger partial charge on any atom is -0.376 e. The SMILES string of the molecule is CC(C)CC1(O)CCCN1C. The fourth-order valence-corrected chi connectivity index (χ4v) is 1.91. The van der Waals surface area contributed by atoms with Crippen LogP contribution in [0.1, 0.15) is 33.1 Å². The zero-order valence-electron chi connectivity index (χ0n) is 7.80. The predicted octanol–water partition coefficient (Wildman–Crippen LogP) is 1.45. The smallest absolute Gasteiger partial charge is 0.118 e. The number of hydrogen-bond acceptors (Lipinski definition) is 2. The summed E-state index contributed by atoms with van der Waals surface area (Å²) in [6.45, 7) is 5.36. The van der Waals surface area contributed by atoms with E-state index in [9.17, 15) is 5.11 Å². The Kier molecular flexibility index (Phi) is 2.55. The van der Waals surface area contributed by atoms with Crippen LogP contribution in [0.25, 0.3) is 0 Å². The third kappa shape index (κ3) is 1.94. The molecule has 1 fully saturated rings. The molecule has 66 valence electrons. The van der Waals surface area contributed by atoms with Crippen molar-refractivity contribution >= 4 is 0 Å². The lowest BCUT2D eigenvalue weighted by Gasteiger charge is -2.32. The molecule has 11 heavy (non-hydrogen) atoms. The summed E-state index contributed by atoms with van der Waals surface area (Å²) in [6, 6.07) is 0. The molecule has 0 aromatic heterocycles. The average molecular weight is 157 g/mol. The van der Waals surface area contributed by atoms with Crippen molar-refractivity contribution in [2.24, 2.45) is 5.92 Å². The van der Waals surface area contributed by atoms with Crippen LogP contribution in [0.5, 0.6) is 0 Å². The second-order valence-corrected chi connectivity index (χ2v) is 4.11. The van der Waals surface area contributed by atoms with E-state index in [2.05, 4.69) is 18.7 Å². The lowest BCUT2D eigenvalue weighted by Crippen LogP contribution is -2.42. The Labute approximate surface area is 69.2 Å². The second kappa shape index (κ2) is 3.11. The van der Waals surface area contributed by atoms with Gasteiger partial charge in [-0.25, -0.2) is 0 Å². The number of aliphatic hydroxyl groups is 1. The molecule has 1 aliphatic heterocycles. The highest BCUT2D eigenvalue weighted by molar-refractivity contribution is 4.84. The van der Waals surface area contributed by atoms with Gasteiger partial charge < -0.3 is 5.11 Å². The summed E-state index contributed by atoms with van der Waals surface area (Å²) in [5, 5.41) is 10.1. The predicted molar refractivity (Wildman–Crippen MR) is 46.3 cm³/mol. The first-order valence-corrected chi connectivity index (χ1v) is 4.48. The molecule has 0 radical (unpaired) electrons. The fraction of sp³-hybridized carbons (Fsp3) is 1.00. The van der Waals surface area contributed by atoms with Crippen LogP contribution in [0.3, 0.4) is 0 Å². The Morgan fingerprint density at radius 2 is 2.18 bits per heavy atom. The minimum atomic E-state index is -0.492. The lowest BCUT2D eigenvalue weighted by molar-refractivity contribution is -0.0816. The normalized spacial score (nSPS) is 33.5. The van der Waals surface area contributed by atoms with Gasteiger partial charge in [-0.1, -0.05) is 13.8 Å². The van der Waals surface area contributed by atoms with Crippen molar-refractivity contribution in [1.82, 2.24) is 4.90 Å². The highest BCUT2D eigenvalue weighted by atomic mass is 16.3. The standard InChI is InChI=1S/C9H19NO/c1-8(2)7-9(11)5-4-6-10(9)3/h8,11H,4-7H2,1-3H3. The molecule has 0 aromatic rings. The molecule has 0 aromatic carbocycles. The number of hydrogen-bond donors (Lipinski definition) is 1. The van der Waals surface area contributed by atoms with E-state index in [1.165, 1.54) is 0 Å². The molecule has 0 aliphatic carbocycles. The van der Waals surface area contributed by atoms with Crippen LogP contribution in [0.2, 0.25) is 0 Å². The van der Waals surface area contributed by atoms with Crippen LogP contribution in [0.4, 0.5) is 0 Å². The van der Waals surface area contributed by atoms with Gasteiger partial charge in [-0.15, -0.1) is 0 Å². The van der Waals surface area contributed by atoms with Gasteiger partial charge in [0.1, 0.15) is 5.72 Å². The van der Waals surface area contributed by atoms with Gasteiger partial charge in [0, 0.05) is 6.54 Å². The summed E-state index contributed by atoms with van der Waals surface area (Å²) in [6.07, 6.45) is 2.99. The molecule has 0 spiro atoms. The molecule has 2 heteroatoms. The first-order valence-electron chi connectivity index (χ1n) is 4.48. The molecule has 1 aliphatic rings. The molecule has 0 bridgehead atoms. The third-order valence-electron chi connectivity index (χ3n) is 2.52. The Balaban J connectivity index is 2.51. The van der Waals surface area contributed by atoms with Crippen LogP contribution in [0, 0.1) is 5.92 Å². The van der Waals surface area contributed by atoms with Gasteiger partial charge in [0.2, 0.25) is 0 Å². The van der Waals surface area contributed by atoms with Crippen LogP contribution >= 0.6 is 0 Å². The molecule has 0 amide bonds. The molecular weight excluding hydrogens is 138 g/mol. The Morgan fingerprint density at radius 3 is 2.55 bits per heavy atom. The van der Waals surface area contributed by atoms with E-state index in [1.807, 2.05) is 7.05 Å². The molecule has 1 rings (SSSR count). The Hall–Kier alpha value is -0.0800. The summed E-state index contributed by atoms with van der Waals surface area (Å²) in [5.74, 6) is 0.584. The van der Waals surface area contributed by atoms with Crippen LogP contribution in [-0.2, 0) is 0 Å². The summed E-state index contributed by atoms with van der Waals surface area (Å²) < 4.78 is 0. The zero-order valence-corrected chi connectivity index (χ0v) is 7.80. The Morgan fingerprint density at radius 1 is 1.55 bits per heavy atom. The molecular formula is C9H19NO. The van der Waals surface area contributed by atoms with Crippen LogP contribution in [-0.4, -0.2) is 29.3 Å². The first kappa shape index (κ1) is 9.01. The minimum absolute atomic E-state index is 0.492. The van der Waals surface area contributed by atoms with Crippen molar-refractivity contribution in [2.75, 3.05) is 13.6 Å². The molecule has 1 N–H and O–H groups in total. The summed E-state index contributed by atoms with van der Waals surface area (Å²) in [4.78, 5) is 2.08. The Bertz CT molecular complexity index is 136. The van der Waals surface area contributed by atoms with Crippen molar-refractivity contribution in [1.29, 1.82) is 0 Å². The van der Waals surface area contributed by atoms with E-state index < -0.39 is 5.72 Å². The highest BCUT2D eigenvalue weighted by Crippen LogP contribution is 2.30. The van der Waals surface area contributed by atoms with Gasteiger partial charge in [-0.05, 0) is 32.2 Å². The lowest BCUT2D eigenvalue weighted by atomic mass is 9.98. The molecule has 0 saturated carbocycles. The van der Waals surface area contributed by atoms with E-state index in [0.29, 0.717) is 5.92 Å². The van der Waals surface area contributed by atoms with Gasteiger partial charge in [0.25, 0.3) is 0 Å². The van der Waals surface area contributed by atoms with Gasteiger partial charge in [-0.3, -0.25) is 4.90 Å². The molecule has 1 atom stereocenters. The maximum absolute atomic E-state index is 10.1. The second-order valence-electron chi connectivity index (χ2n) is 4.11. The molecule has 1 heterocycles. The van der Waals surface area contributed by atoms with Crippen molar-refractivity contribution < 1.29 is 5.11 Å². The van der Waals surface area contributed by atoms with Gasteiger partial charge in [0.15, 0.2) is 0 Å². The maximum atomic E-state index is 10.1. The van der Waals surface area contributed by atoms with Crippen LogP contribution < -0.4 is 0 Å². The van der Waals surface area contributed by atoms with E-state index in [1.54, 1.807) is 0 Å². The topological polar surface area (TPSA) is 23.5 Å². The van der Waals surface area contributed by atoms with Crippen LogP contribution in [0.15, 0.2) is 0 Å². The third-order valence-corrected chi connectivity index (χ3v) is 2.52. The molecule has 1 unspecified atom stereocenters. The quantitative estimate of drug-likeness (QED) is 0.655. The fourth-order valence-electron chi connectivity index (χ4n) is 1.91. The number of nitrogens with zero attached hydrogens (tertiary/aromatic N) is 1.